The fourth-order valence-electron chi connectivity index (χ4n) is 4.49. The number of ketones is 1. The highest BCUT2D eigenvalue weighted by atomic mass is 32.1. The molecule has 222 valence electrons. The van der Waals surface area contributed by atoms with Gasteiger partial charge in [-0.2, -0.15) is 0 Å². The van der Waals surface area contributed by atoms with Gasteiger partial charge in [0.2, 0.25) is 0 Å². The first-order valence-electron chi connectivity index (χ1n) is 13.3. The molecule has 0 unspecified atom stereocenters. The second kappa shape index (κ2) is 12.4. The van der Waals surface area contributed by atoms with Crippen molar-refractivity contribution in [2.24, 2.45) is 0 Å². The molecule has 10 nitrogen and oxygen atoms in total. The number of hydrogen-bond donors (Lipinski definition) is 1. The van der Waals surface area contributed by atoms with Crippen molar-refractivity contribution in [2.75, 3.05) is 17.3 Å². The minimum atomic E-state index is -1.07. The second-order valence-electron chi connectivity index (χ2n) is 9.76. The molecule has 0 spiro atoms. The maximum absolute atomic E-state index is 13.6. The average Bonchev–Trinajstić information content (AvgIpc) is 3.53. The summed E-state index contributed by atoms with van der Waals surface area (Å²) in [6.07, 6.45) is -0.723. The van der Waals surface area contributed by atoms with Crippen molar-refractivity contribution < 1.29 is 33.0 Å². The van der Waals surface area contributed by atoms with Crippen LogP contribution in [-0.2, 0) is 32.0 Å². The zero-order chi connectivity index (χ0) is 30.8. The highest BCUT2D eigenvalue weighted by molar-refractivity contribution is 7.18. The van der Waals surface area contributed by atoms with Gasteiger partial charge in [-0.3, -0.25) is 19.7 Å². The van der Waals surface area contributed by atoms with Crippen LogP contribution in [-0.4, -0.2) is 52.9 Å². The van der Waals surface area contributed by atoms with Crippen LogP contribution in [0.5, 0.6) is 0 Å². The third kappa shape index (κ3) is 6.39. The molecule has 1 saturated heterocycles. The molecule has 2 aromatic heterocycles. The number of thiazole rings is 2. The van der Waals surface area contributed by atoms with Gasteiger partial charge in [-0.15, -0.1) is 11.3 Å². The Balaban J connectivity index is 1.16. The number of amides is 2. The number of benzene rings is 3. The minimum absolute atomic E-state index is 0.0707. The molecule has 1 aliphatic heterocycles. The number of ether oxygens (including phenoxy) is 2. The number of anilines is 2. The van der Waals surface area contributed by atoms with Crippen LogP contribution in [0.15, 0.2) is 79.0 Å². The van der Waals surface area contributed by atoms with Crippen molar-refractivity contribution in [1.82, 2.24) is 9.97 Å². The fourth-order valence-corrected chi connectivity index (χ4v) is 6.19. The van der Waals surface area contributed by atoms with Gasteiger partial charge in [-0.25, -0.2) is 19.2 Å². The molecule has 5 aromatic rings. The highest BCUT2D eigenvalue weighted by Crippen LogP contribution is 2.31. The smallest absolute Gasteiger partial charge is 0.349 e. The lowest BCUT2D eigenvalue weighted by molar-refractivity contribution is -0.120. The highest BCUT2D eigenvalue weighted by Gasteiger charge is 2.52. The van der Waals surface area contributed by atoms with Crippen molar-refractivity contribution in [2.45, 2.75) is 25.2 Å². The van der Waals surface area contributed by atoms with E-state index in [1.165, 1.54) is 41.7 Å². The summed E-state index contributed by atoms with van der Waals surface area (Å²) in [6, 6.07) is 20.0. The number of hydrogen-bond acceptors (Lipinski definition) is 10. The molecule has 0 saturated carbocycles. The molecular weight excluding hydrogens is 607 g/mol. The predicted octanol–water partition coefficient (Wildman–Crippen LogP) is 5.04. The number of carbonyl (C=O) groups is 4. The molecule has 0 radical (unpaired) electrons. The Morgan fingerprint density at radius 1 is 0.977 bits per heavy atom. The number of carbonyl (C=O) groups excluding carboxylic acids is 4. The Kier molecular flexibility index (Phi) is 8.24. The Morgan fingerprint density at radius 3 is 2.45 bits per heavy atom. The quantitative estimate of drug-likeness (QED) is 0.129. The lowest BCUT2D eigenvalue weighted by atomic mass is 10.1. The van der Waals surface area contributed by atoms with Crippen LogP contribution in [0.4, 0.5) is 15.2 Å². The summed E-state index contributed by atoms with van der Waals surface area (Å²) in [5.41, 5.74) is 2.41. The Bertz CT molecular complexity index is 1840. The van der Waals surface area contributed by atoms with Crippen LogP contribution in [0.2, 0.25) is 0 Å². The summed E-state index contributed by atoms with van der Waals surface area (Å²) in [5.74, 6) is -2.20. The average molecular weight is 631 g/mol. The molecule has 13 heteroatoms. The lowest BCUT2D eigenvalue weighted by Gasteiger charge is -2.23. The van der Waals surface area contributed by atoms with Gasteiger partial charge in [-0.05, 0) is 54.1 Å². The Morgan fingerprint density at radius 2 is 1.73 bits per heavy atom. The van der Waals surface area contributed by atoms with E-state index in [2.05, 4.69) is 20.0 Å². The van der Waals surface area contributed by atoms with Crippen molar-refractivity contribution in [1.29, 1.82) is 0 Å². The van der Waals surface area contributed by atoms with Gasteiger partial charge in [0.05, 0.1) is 36.5 Å². The molecule has 2 amide bonds. The second-order valence-corrected chi connectivity index (χ2v) is 11.9. The van der Waals surface area contributed by atoms with E-state index in [9.17, 15) is 23.6 Å². The molecule has 1 fully saturated rings. The van der Waals surface area contributed by atoms with Gasteiger partial charge >= 0.3 is 5.97 Å². The number of methoxy groups -OCH3 is 1. The molecule has 3 aromatic carbocycles. The Hall–Kier alpha value is -4.85. The van der Waals surface area contributed by atoms with Gasteiger partial charge in [0.15, 0.2) is 23.1 Å². The first-order chi connectivity index (χ1) is 21.3. The summed E-state index contributed by atoms with van der Waals surface area (Å²) < 4.78 is 24.7. The first kappa shape index (κ1) is 29.2. The zero-order valence-corrected chi connectivity index (χ0v) is 24.7. The third-order valence-corrected chi connectivity index (χ3v) is 8.72. The number of Topliss-reactive ketones (excluding diaryl/α,β-unsaturated/α-hetero) is 1. The molecule has 6 rings (SSSR count). The standard InChI is InChI=1S/C31H23FN4O6S2/c1-41-30(40)24-15-33-31(44-24)35-28(38)26-27(42-26)29(39)36(16-17-6-10-19(32)11-7-17)20-12-8-18(9-13-20)22(37)14-25-34-21-4-2-3-5-23(21)43-25/h2-13,15,26-27H,14,16H2,1H3,(H,33,35,38)/t26-,27-/m0/s1. The Labute approximate surface area is 258 Å². The van der Waals surface area contributed by atoms with E-state index in [4.69, 9.17) is 4.74 Å². The third-order valence-electron chi connectivity index (χ3n) is 6.79. The number of nitrogens with one attached hydrogen (secondary N) is 1. The molecule has 3 heterocycles. The summed E-state index contributed by atoms with van der Waals surface area (Å²) in [7, 11) is 1.24. The van der Waals surface area contributed by atoms with Crippen molar-refractivity contribution in [3.05, 3.63) is 106 Å². The van der Waals surface area contributed by atoms with E-state index in [0.717, 1.165) is 21.6 Å². The molecule has 2 atom stereocenters. The van der Waals surface area contributed by atoms with Crippen molar-refractivity contribution >= 4 is 67.3 Å². The van der Waals surface area contributed by atoms with E-state index >= 15 is 0 Å². The number of para-hydroxylation sites is 1. The number of rotatable bonds is 10. The fraction of sp³-hybridized carbons (Fsp3) is 0.161. The summed E-state index contributed by atoms with van der Waals surface area (Å²) in [4.78, 5) is 61.2. The molecule has 1 N–H and O–H groups in total. The number of halogens is 1. The SMILES string of the molecule is COC(=O)c1cnc(NC(=O)[C@H]2O[C@@H]2C(=O)N(Cc2ccc(F)cc2)c2ccc(C(=O)Cc3nc4ccccc4s3)cc2)s1. The first-order valence-corrected chi connectivity index (χ1v) is 15.0. The lowest BCUT2D eigenvalue weighted by Crippen LogP contribution is -2.36. The largest absolute Gasteiger partial charge is 0.465 e. The number of nitrogens with zero attached hydrogens (tertiary/aromatic N) is 3. The molecule has 1 aliphatic rings. The van der Waals surface area contributed by atoms with Gasteiger partial charge in [0, 0.05) is 11.3 Å². The predicted molar refractivity (Wildman–Crippen MR) is 162 cm³/mol. The van der Waals surface area contributed by atoms with Crippen LogP contribution >= 0.6 is 22.7 Å². The van der Waals surface area contributed by atoms with Crippen molar-refractivity contribution in [3.8, 4) is 0 Å². The van der Waals surface area contributed by atoms with Gasteiger partial charge in [-0.1, -0.05) is 35.6 Å². The van der Waals surface area contributed by atoms with E-state index < -0.39 is 35.8 Å². The van der Waals surface area contributed by atoms with E-state index in [1.54, 1.807) is 36.4 Å². The summed E-state index contributed by atoms with van der Waals surface area (Å²) in [6.45, 7) is 0.0707. The van der Waals surface area contributed by atoms with E-state index in [-0.39, 0.29) is 28.8 Å². The number of esters is 1. The maximum Gasteiger partial charge on any atom is 0.349 e. The maximum atomic E-state index is 13.6. The molecule has 44 heavy (non-hydrogen) atoms. The van der Waals surface area contributed by atoms with Crippen LogP contribution in [0.1, 0.15) is 30.6 Å². The van der Waals surface area contributed by atoms with Gasteiger partial charge < -0.3 is 14.4 Å². The van der Waals surface area contributed by atoms with Gasteiger partial charge in [0.25, 0.3) is 11.8 Å². The number of fused-ring (bicyclic) bond motifs is 1. The van der Waals surface area contributed by atoms with Gasteiger partial charge in [0.1, 0.15) is 15.7 Å². The number of epoxide rings is 1. The summed E-state index contributed by atoms with van der Waals surface area (Å²) >= 11 is 2.40. The topological polar surface area (TPSA) is 131 Å². The minimum Gasteiger partial charge on any atom is -0.465 e. The summed E-state index contributed by atoms with van der Waals surface area (Å²) in [5, 5.41) is 3.42. The zero-order valence-electron chi connectivity index (χ0n) is 23.1. The van der Waals surface area contributed by atoms with Crippen LogP contribution < -0.4 is 10.2 Å². The van der Waals surface area contributed by atoms with Crippen LogP contribution in [0, 0.1) is 5.82 Å². The molecule has 0 aliphatic carbocycles. The molecular formula is C31H23FN4O6S2. The number of aromatic nitrogens is 2. The van der Waals surface area contributed by atoms with Crippen LogP contribution in [0.25, 0.3) is 10.2 Å². The molecule has 0 bridgehead atoms. The normalized spacial score (nSPS) is 15.5. The van der Waals surface area contributed by atoms with E-state index in [0.29, 0.717) is 21.8 Å². The van der Waals surface area contributed by atoms with Crippen LogP contribution in [0.3, 0.4) is 0 Å². The van der Waals surface area contributed by atoms with Crippen molar-refractivity contribution in [3.63, 3.8) is 0 Å². The monoisotopic (exact) mass is 630 g/mol. The van der Waals surface area contributed by atoms with E-state index in [1.807, 2.05) is 24.3 Å².